The summed E-state index contributed by atoms with van der Waals surface area (Å²) in [6.07, 6.45) is 1.85. The molecule has 102 valence electrons. The summed E-state index contributed by atoms with van der Waals surface area (Å²) in [4.78, 5) is 5.39. The predicted molar refractivity (Wildman–Crippen MR) is 77.1 cm³/mol. The topological polar surface area (TPSA) is 64.9 Å². The van der Waals surface area contributed by atoms with Gasteiger partial charge in [0.15, 0.2) is 5.82 Å². The summed E-state index contributed by atoms with van der Waals surface area (Å²) in [6, 6.07) is 7.52. The number of aromatic nitrogens is 2. The highest BCUT2D eigenvalue weighted by Gasteiger charge is 2.13. The number of benzene rings is 1. The maximum absolute atomic E-state index is 5.93. The fourth-order valence-electron chi connectivity index (χ4n) is 1.62. The molecule has 2 rings (SSSR count). The van der Waals surface area contributed by atoms with Crippen molar-refractivity contribution in [2.45, 2.75) is 36.5 Å². The molecule has 0 fully saturated rings. The summed E-state index contributed by atoms with van der Waals surface area (Å²) in [5, 5.41) is 4.66. The Kier molecular flexibility index (Phi) is 5.24. The zero-order valence-corrected chi connectivity index (χ0v) is 12.2. The maximum atomic E-state index is 5.93. The third kappa shape index (κ3) is 4.23. The van der Waals surface area contributed by atoms with E-state index < -0.39 is 0 Å². The van der Waals surface area contributed by atoms with Crippen LogP contribution in [0.1, 0.15) is 37.5 Å². The molecule has 0 aliphatic heterocycles. The van der Waals surface area contributed by atoms with Crippen LogP contribution in [0.4, 0.5) is 0 Å². The Morgan fingerprint density at radius 2 is 2.32 bits per heavy atom. The maximum Gasteiger partial charge on any atom is 0.243 e. The highest BCUT2D eigenvalue weighted by atomic mass is 35.5. The van der Waals surface area contributed by atoms with Crippen molar-refractivity contribution >= 4 is 23.4 Å². The Morgan fingerprint density at radius 3 is 3.05 bits per heavy atom. The van der Waals surface area contributed by atoms with Crippen molar-refractivity contribution in [2.75, 3.05) is 0 Å². The summed E-state index contributed by atoms with van der Waals surface area (Å²) in [7, 11) is 0. The minimum atomic E-state index is -0.164. The van der Waals surface area contributed by atoms with E-state index in [1.165, 1.54) is 0 Å². The van der Waals surface area contributed by atoms with Gasteiger partial charge >= 0.3 is 0 Å². The molecule has 0 saturated heterocycles. The molecule has 0 aliphatic carbocycles. The lowest BCUT2D eigenvalue weighted by Crippen LogP contribution is -2.10. The molecule has 1 heterocycles. The van der Waals surface area contributed by atoms with Gasteiger partial charge in [-0.15, -0.1) is 11.8 Å². The van der Waals surface area contributed by atoms with Crippen LogP contribution in [0.3, 0.4) is 0 Å². The van der Waals surface area contributed by atoms with E-state index in [-0.39, 0.29) is 6.04 Å². The second kappa shape index (κ2) is 6.93. The quantitative estimate of drug-likeness (QED) is 0.821. The van der Waals surface area contributed by atoms with Crippen molar-refractivity contribution in [3.05, 3.63) is 41.0 Å². The molecule has 0 bridgehead atoms. The Morgan fingerprint density at radius 1 is 1.47 bits per heavy atom. The van der Waals surface area contributed by atoms with Crippen LogP contribution in [-0.2, 0) is 5.75 Å². The predicted octanol–water partition coefficient (Wildman–Crippen LogP) is 3.82. The van der Waals surface area contributed by atoms with Crippen molar-refractivity contribution in [1.29, 1.82) is 0 Å². The van der Waals surface area contributed by atoms with Gasteiger partial charge in [-0.2, -0.15) is 4.98 Å². The van der Waals surface area contributed by atoms with Gasteiger partial charge < -0.3 is 10.3 Å². The van der Waals surface area contributed by atoms with Crippen LogP contribution in [0, 0.1) is 0 Å². The van der Waals surface area contributed by atoms with E-state index >= 15 is 0 Å². The highest BCUT2D eigenvalue weighted by Crippen LogP contribution is 2.24. The smallest absolute Gasteiger partial charge is 0.243 e. The monoisotopic (exact) mass is 297 g/mol. The molecule has 1 atom stereocenters. The molecule has 19 heavy (non-hydrogen) atoms. The first-order valence-corrected chi connectivity index (χ1v) is 7.52. The third-order valence-corrected chi connectivity index (χ3v) is 3.79. The molecule has 1 unspecified atom stereocenters. The normalized spacial score (nSPS) is 12.6. The average molecular weight is 298 g/mol. The minimum Gasteiger partial charge on any atom is -0.338 e. The SMILES string of the molecule is CCCC(N)c1nc(CSc2cccc(Cl)c2)no1. The second-order valence-electron chi connectivity index (χ2n) is 4.19. The zero-order valence-electron chi connectivity index (χ0n) is 10.7. The summed E-state index contributed by atoms with van der Waals surface area (Å²) in [5.41, 5.74) is 5.93. The van der Waals surface area contributed by atoms with Crippen LogP contribution < -0.4 is 5.73 Å². The van der Waals surface area contributed by atoms with Gasteiger partial charge in [0, 0.05) is 9.92 Å². The van der Waals surface area contributed by atoms with Crippen molar-refractivity contribution in [1.82, 2.24) is 10.1 Å². The van der Waals surface area contributed by atoms with Gasteiger partial charge in [-0.25, -0.2) is 0 Å². The number of halogens is 1. The Bertz CT molecular complexity index is 532. The third-order valence-electron chi connectivity index (χ3n) is 2.56. The molecule has 0 spiro atoms. The van der Waals surface area contributed by atoms with E-state index in [4.69, 9.17) is 21.9 Å². The van der Waals surface area contributed by atoms with E-state index in [2.05, 4.69) is 17.1 Å². The number of nitrogens with zero attached hydrogens (tertiary/aromatic N) is 2. The van der Waals surface area contributed by atoms with Gasteiger partial charge in [0.2, 0.25) is 5.89 Å². The van der Waals surface area contributed by atoms with Gasteiger partial charge in [-0.05, 0) is 24.6 Å². The molecule has 4 nitrogen and oxygen atoms in total. The lowest BCUT2D eigenvalue weighted by molar-refractivity contribution is 0.345. The Labute approximate surface area is 121 Å². The van der Waals surface area contributed by atoms with Crippen LogP contribution in [0.5, 0.6) is 0 Å². The van der Waals surface area contributed by atoms with E-state index in [1.54, 1.807) is 11.8 Å². The number of rotatable bonds is 6. The molecule has 0 aliphatic rings. The van der Waals surface area contributed by atoms with E-state index in [9.17, 15) is 0 Å². The summed E-state index contributed by atoms with van der Waals surface area (Å²) < 4.78 is 5.17. The molecule has 2 aromatic rings. The van der Waals surface area contributed by atoms with Gasteiger partial charge in [0.05, 0.1) is 11.8 Å². The van der Waals surface area contributed by atoms with Gasteiger partial charge in [-0.1, -0.05) is 36.2 Å². The Balaban J connectivity index is 1.93. The van der Waals surface area contributed by atoms with Gasteiger partial charge in [-0.3, -0.25) is 0 Å². The lowest BCUT2D eigenvalue weighted by Gasteiger charge is -2.02. The van der Waals surface area contributed by atoms with Crippen molar-refractivity contribution in [2.24, 2.45) is 5.73 Å². The lowest BCUT2D eigenvalue weighted by atomic mass is 10.2. The first-order chi connectivity index (χ1) is 9.19. The zero-order chi connectivity index (χ0) is 13.7. The fraction of sp³-hybridized carbons (Fsp3) is 0.385. The highest BCUT2D eigenvalue weighted by molar-refractivity contribution is 7.98. The van der Waals surface area contributed by atoms with Crippen LogP contribution in [0.2, 0.25) is 5.02 Å². The number of nitrogens with two attached hydrogens (primary N) is 1. The van der Waals surface area contributed by atoms with E-state index in [1.807, 2.05) is 24.3 Å². The van der Waals surface area contributed by atoms with Gasteiger partial charge in [0.1, 0.15) is 0 Å². The van der Waals surface area contributed by atoms with Crippen molar-refractivity contribution < 1.29 is 4.52 Å². The minimum absolute atomic E-state index is 0.164. The summed E-state index contributed by atoms with van der Waals surface area (Å²) >= 11 is 7.54. The largest absolute Gasteiger partial charge is 0.338 e. The standard InChI is InChI=1S/C13H16ClN3OS/c1-2-4-11(15)13-16-12(17-18-13)8-19-10-6-3-5-9(14)7-10/h3,5-7,11H,2,4,8,15H2,1H3. The van der Waals surface area contributed by atoms with E-state index in [0.717, 1.165) is 22.8 Å². The first kappa shape index (κ1) is 14.4. The summed E-state index contributed by atoms with van der Waals surface area (Å²) in [5.74, 6) is 1.82. The van der Waals surface area contributed by atoms with Crippen LogP contribution in [0.25, 0.3) is 0 Å². The molecule has 6 heteroatoms. The van der Waals surface area contributed by atoms with Crippen LogP contribution in [0.15, 0.2) is 33.7 Å². The fourth-order valence-corrected chi connectivity index (χ4v) is 2.67. The first-order valence-electron chi connectivity index (χ1n) is 6.15. The number of hydrogen-bond donors (Lipinski definition) is 1. The molecule has 1 aromatic carbocycles. The second-order valence-corrected chi connectivity index (χ2v) is 5.68. The molecule has 2 N–H and O–H groups in total. The molecule has 0 saturated carbocycles. The van der Waals surface area contributed by atoms with Crippen LogP contribution >= 0.6 is 23.4 Å². The molecule has 0 amide bonds. The summed E-state index contributed by atoms with van der Waals surface area (Å²) in [6.45, 7) is 2.08. The molecule has 1 aromatic heterocycles. The molecule has 0 radical (unpaired) electrons. The average Bonchev–Trinajstić information content (AvgIpc) is 2.86. The van der Waals surface area contributed by atoms with Crippen LogP contribution in [-0.4, -0.2) is 10.1 Å². The Hall–Kier alpha value is -1.04. The van der Waals surface area contributed by atoms with Crippen molar-refractivity contribution in [3.63, 3.8) is 0 Å². The van der Waals surface area contributed by atoms with Gasteiger partial charge in [0.25, 0.3) is 0 Å². The number of hydrogen-bond acceptors (Lipinski definition) is 5. The van der Waals surface area contributed by atoms with Crippen molar-refractivity contribution in [3.8, 4) is 0 Å². The molecular formula is C13H16ClN3OS. The van der Waals surface area contributed by atoms with E-state index in [0.29, 0.717) is 17.5 Å². The molecular weight excluding hydrogens is 282 g/mol. The number of thioether (sulfide) groups is 1.